The molecule has 0 saturated carbocycles. The van der Waals surface area contributed by atoms with E-state index in [1.165, 1.54) is 5.56 Å². The Hall–Kier alpha value is -0.430. The van der Waals surface area contributed by atoms with Crippen molar-refractivity contribution < 1.29 is 4.52 Å². The normalized spacial score (nSPS) is 33.5. The van der Waals surface area contributed by atoms with Gasteiger partial charge in [-0.2, -0.15) is 0 Å². The molecular formula is C11H16NOP. The van der Waals surface area contributed by atoms with E-state index in [2.05, 4.69) is 49.6 Å². The van der Waals surface area contributed by atoms with Gasteiger partial charge >= 0.3 is 0 Å². The third kappa shape index (κ3) is 1.70. The molecule has 1 unspecified atom stereocenters. The molecule has 0 aromatic heterocycles. The Morgan fingerprint density at radius 3 is 2.43 bits per heavy atom. The molecule has 3 atom stereocenters. The first-order valence-corrected chi connectivity index (χ1v) is 6.54. The largest absolute Gasteiger partial charge is 0.334 e. The van der Waals surface area contributed by atoms with Crippen LogP contribution in [-0.2, 0) is 4.52 Å². The van der Waals surface area contributed by atoms with Crippen molar-refractivity contribution in [2.24, 2.45) is 0 Å². The molecule has 76 valence electrons. The number of likely N-dealkylation sites (N-methyl/N-ethyl adjacent to an activating group) is 1. The Bertz CT molecular complexity index is 303. The van der Waals surface area contributed by atoms with Gasteiger partial charge in [0.1, 0.15) is 14.4 Å². The number of hydrogen-bond acceptors (Lipinski definition) is 2. The van der Waals surface area contributed by atoms with Crippen LogP contribution in [0.4, 0.5) is 0 Å². The molecule has 14 heavy (non-hydrogen) atoms. The van der Waals surface area contributed by atoms with Crippen molar-refractivity contribution in [1.82, 2.24) is 4.67 Å². The molecule has 1 aromatic carbocycles. The van der Waals surface area contributed by atoms with Crippen molar-refractivity contribution in [3.8, 4) is 0 Å². The summed E-state index contributed by atoms with van der Waals surface area (Å²) in [6.45, 7) is 4.39. The van der Waals surface area contributed by atoms with E-state index in [0.29, 0.717) is 6.04 Å². The molecule has 1 aliphatic rings. The number of hydrogen-bond donors (Lipinski definition) is 0. The molecule has 1 aromatic rings. The van der Waals surface area contributed by atoms with Gasteiger partial charge in [-0.15, -0.1) is 0 Å². The number of rotatable bonds is 1. The van der Waals surface area contributed by atoms with E-state index >= 15 is 0 Å². The maximum atomic E-state index is 5.96. The molecule has 3 heteroatoms. The standard InChI is InChI=1S/C11H16NOP/c1-9-11(13-14(3)12(9)2)10-7-5-4-6-8-10/h4-9,11H,1-3H3/t9-,11+,14?/m0/s1. The summed E-state index contributed by atoms with van der Waals surface area (Å²) in [6, 6.07) is 11.0. The second kappa shape index (κ2) is 3.98. The number of benzene rings is 1. The van der Waals surface area contributed by atoms with Gasteiger partial charge in [-0.3, -0.25) is 4.67 Å². The van der Waals surface area contributed by atoms with Gasteiger partial charge in [0.2, 0.25) is 0 Å². The van der Waals surface area contributed by atoms with E-state index in [-0.39, 0.29) is 6.10 Å². The fraction of sp³-hybridized carbons (Fsp3) is 0.455. The van der Waals surface area contributed by atoms with Gasteiger partial charge in [0.25, 0.3) is 0 Å². The zero-order valence-electron chi connectivity index (χ0n) is 8.84. The molecule has 1 heterocycles. The third-order valence-corrected chi connectivity index (χ3v) is 4.65. The van der Waals surface area contributed by atoms with Gasteiger partial charge in [0.15, 0.2) is 0 Å². The predicted octanol–water partition coefficient (Wildman–Crippen LogP) is 3.02. The van der Waals surface area contributed by atoms with Crippen LogP contribution in [0.15, 0.2) is 30.3 Å². The molecule has 1 saturated heterocycles. The summed E-state index contributed by atoms with van der Waals surface area (Å²) in [5.74, 6) is 0. The fourth-order valence-electron chi connectivity index (χ4n) is 1.76. The second-order valence-corrected chi connectivity index (χ2v) is 5.49. The monoisotopic (exact) mass is 209 g/mol. The SMILES string of the molecule is C[C@H]1[C@H](c2ccccc2)OP(C)N1C. The maximum absolute atomic E-state index is 5.96. The molecule has 0 spiro atoms. The molecule has 0 radical (unpaired) electrons. The molecule has 2 nitrogen and oxygen atoms in total. The topological polar surface area (TPSA) is 12.5 Å². The van der Waals surface area contributed by atoms with Gasteiger partial charge in [0.05, 0.1) is 0 Å². The summed E-state index contributed by atoms with van der Waals surface area (Å²) in [5.41, 5.74) is 1.29. The molecule has 0 bridgehead atoms. The Morgan fingerprint density at radius 2 is 1.93 bits per heavy atom. The molecule has 2 rings (SSSR count). The first-order chi connectivity index (χ1) is 6.70. The summed E-state index contributed by atoms with van der Waals surface area (Å²) in [5, 5.41) is 0. The Balaban J connectivity index is 2.21. The van der Waals surface area contributed by atoms with Crippen molar-refractivity contribution >= 4 is 8.30 Å². The average molecular weight is 209 g/mol. The van der Waals surface area contributed by atoms with E-state index in [1.807, 2.05) is 6.07 Å². The summed E-state index contributed by atoms with van der Waals surface area (Å²) >= 11 is 0. The van der Waals surface area contributed by atoms with Crippen molar-refractivity contribution in [2.75, 3.05) is 13.7 Å². The summed E-state index contributed by atoms with van der Waals surface area (Å²) < 4.78 is 8.29. The van der Waals surface area contributed by atoms with Crippen molar-refractivity contribution in [3.05, 3.63) is 35.9 Å². The molecule has 1 fully saturated rings. The Kier molecular flexibility index (Phi) is 2.87. The second-order valence-electron chi connectivity index (χ2n) is 3.72. The minimum atomic E-state index is -0.395. The van der Waals surface area contributed by atoms with Gasteiger partial charge in [0, 0.05) is 6.04 Å². The fourth-order valence-corrected chi connectivity index (χ4v) is 3.17. The van der Waals surface area contributed by atoms with Gasteiger partial charge in [-0.05, 0) is 26.2 Å². The zero-order valence-corrected chi connectivity index (χ0v) is 9.74. The van der Waals surface area contributed by atoms with Crippen molar-refractivity contribution in [3.63, 3.8) is 0 Å². The van der Waals surface area contributed by atoms with Gasteiger partial charge < -0.3 is 4.52 Å². The maximum Gasteiger partial charge on any atom is 0.104 e. The van der Waals surface area contributed by atoms with Crippen LogP contribution in [-0.4, -0.2) is 24.4 Å². The third-order valence-electron chi connectivity index (χ3n) is 2.87. The van der Waals surface area contributed by atoms with Crippen LogP contribution in [0.5, 0.6) is 0 Å². The van der Waals surface area contributed by atoms with Crippen LogP contribution >= 0.6 is 8.30 Å². The summed E-state index contributed by atoms with van der Waals surface area (Å²) in [7, 11) is 1.74. The van der Waals surface area contributed by atoms with E-state index < -0.39 is 8.30 Å². The summed E-state index contributed by atoms with van der Waals surface area (Å²) in [6.07, 6.45) is 0.248. The van der Waals surface area contributed by atoms with Crippen LogP contribution in [0.1, 0.15) is 18.6 Å². The average Bonchev–Trinajstić information content (AvgIpc) is 2.47. The quantitative estimate of drug-likeness (QED) is 0.659. The van der Waals surface area contributed by atoms with E-state index in [9.17, 15) is 0 Å². The highest BCUT2D eigenvalue weighted by atomic mass is 31.2. The van der Waals surface area contributed by atoms with Crippen LogP contribution in [0.3, 0.4) is 0 Å². The van der Waals surface area contributed by atoms with E-state index in [4.69, 9.17) is 4.52 Å². The number of nitrogens with zero attached hydrogens (tertiary/aromatic N) is 1. The smallest absolute Gasteiger partial charge is 0.104 e. The van der Waals surface area contributed by atoms with Crippen LogP contribution in [0, 0.1) is 0 Å². The minimum absolute atomic E-state index is 0.248. The van der Waals surface area contributed by atoms with Crippen LogP contribution < -0.4 is 0 Å². The highest BCUT2D eigenvalue weighted by Gasteiger charge is 2.35. The van der Waals surface area contributed by atoms with Crippen LogP contribution in [0.25, 0.3) is 0 Å². The highest BCUT2D eigenvalue weighted by molar-refractivity contribution is 7.49. The first-order valence-electron chi connectivity index (χ1n) is 4.88. The van der Waals surface area contributed by atoms with E-state index in [0.717, 1.165) is 0 Å². The van der Waals surface area contributed by atoms with Crippen molar-refractivity contribution in [2.45, 2.75) is 19.1 Å². The lowest BCUT2D eigenvalue weighted by atomic mass is 10.0. The highest BCUT2D eigenvalue weighted by Crippen LogP contribution is 2.52. The van der Waals surface area contributed by atoms with Gasteiger partial charge in [-0.25, -0.2) is 0 Å². The summed E-state index contributed by atoms with van der Waals surface area (Å²) in [4.78, 5) is 0. The molecule has 0 N–H and O–H groups in total. The first kappa shape index (κ1) is 10.1. The lowest BCUT2D eigenvalue weighted by Gasteiger charge is -2.18. The Labute approximate surface area is 86.8 Å². The lowest BCUT2D eigenvalue weighted by molar-refractivity contribution is 0.218. The van der Waals surface area contributed by atoms with Crippen molar-refractivity contribution in [1.29, 1.82) is 0 Å². The Morgan fingerprint density at radius 1 is 1.29 bits per heavy atom. The molecule has 0 amide bonds. The lowest BCUT2D eigenvalue weighted by Crippen LogP contribution is -2.22. The molecule has 0 aliphatic carbocycles. The minimum Gasteiger partial charge on any atom is -0.334 e. The molecular weight excluding hydrogens is 193 g/mol. The molecule has 1 aliphatic heterocycles. The van der Waals surface area contributed by atoms with Gasteiger partial charge in [-0.1, -0.05) is 30.3 Å². The predicted molar refractivity (Wildman–Crippen MR) is 60.3 cm³/mol. The zero-order chi connectivity index (χ0) is 10.1. The van der Waals surface area contributed by atoms with Crippen LogP contribution in [0.2, 0.25) is 0 Å². The van der Waals surface area contributed by atoms with E-state index in [1.54, 1.807) is 0 Å².